The largest absolute Gasteiger partial charge is 0.465 e. The first-order valence-electron chi connectivity index (χ1n) is 9.76. The van der Waals surface area contributed by atoms with E-state index in [9.17, 15) is 14.3 Å². The predicted molar refractivity (Wildman–Crippen MR) is 113 cm³/mol. The van der Waals surface area contributed by atoms with Gasteiger partial charge in [0.15, 0.2) is 0 Å². The molecule has 0 fully saturated rings. The van der Waals surface area contributed by atoms with Crippen molar-refractivity contribution in [1.82, 2.24) is 4.57 Å². The highest BCUT2D eigenvalue weighted by Crippen LogP contribution is 2.42. The zero-order chi connectivity index (χ0) is 21.1. The number of rotatable bonds is 7. The minimum atomic E-state index is -1.13. The van der Waals surface area contributed by atoms with E-state index < -0.39 is 18.0 Å². The molecular weight excluding hydrogens is 369 g/mol. The second-order valence-electron chi connectivity index (χ2n) is 7.20. The van der Waals surface area contributed by atoms with Crippen LogP contribution in [0.15, 0.2) is 61.2 Å². The summed E-state index contributed by atoms with van der Waals surface area (Å²) in [6, 6.07) is 14.0. The molecule has 1 N–H and O–H groups in total. The number of benzene rings is 2. The Morgan fingerprint density at radius 3 is 2.45 bits per heavy atom. The van der Waals surface area contributed by atoms with Crippen LogP contribution in [-0.4, -0.2) is 28.4 Å². The summed E-state index contributed by atoms with van der Waals surface area (Å²) in [5, 5.41) is 11.6. The van der Waals surface area contributed by atoms with Gasteiger partial charge in [-0.25, -0.2) is 4.39 Å². The highest BCUT2D eigenvalue weighted by atomic mass is 19.1. The van der Waals surface area contributed by atoms with E-state index in [0.717, 1.165) is 22.0 Å². The van der Waals surface area contributed by atoms with Gasteiger partial charge in [-0.1, -0.05) is 36.4 Å². The fraction of sp³-hybridized carbons (Fsp3) is 0.292. The number of para-hydroxylation sites is 1. The molecule has 29 heavy (non-hydrogen) atoms. The minimum Gasteiger partial charge on any atom is -0.465 e. The van der Waals surface area contributed by atoms with E-state index in [0.29, 0.717) is 5.69 Å². The quantitative estimate of drug-likeness (QED) is 0.441. The lowest BCUT2D eigenvalue weighted by molar-refractivity contribution is -0.147. The molecule has 2 atom stereocenters. The van der Waals surface area contributed by atoms with Crippen molar-refractivity contribution in [3.05, 3.63) is 72.7 Å². The smallest absolute Gasteiger partial charge is 0.317 e. The van der Waals surface area contributed by atoms with Gasteiger partial charge in [0.2, 0.25) is 0 Å². The molecule has 0 radical (unpaired) electrons. The molecule has 0 aliphatic carbocycles. The molecular formula is C24H26FNO3. The van der Waals surface area contributed by atoms with Crippen LogP contribution in [0.5, 0.6) is 0 Å². The van der Waals surface area contributed by atoms with Gasteiger partial charge in [-0.2, -0.15) is 0 Å². The van der Waals surface area contributed by atoms with E-state index in [1.54, 1.807) is 19.1 Å². The molecule has 0 unspecified atom stereocenters. The van der Waals surface area contributed by atoms with Gasteiger partial charge in [0, 0.05) is 28.2 Å². The normalized spacial score (nSPS) is 13.4. The number of aliphatic hydroxyl groups excluding tert-OH is 1. The van der Waals surface area contributed by atoms with Crippen molar-refractivity contribution in [1.29, 1.82) is 0 Å². The highest BCUT2D eigenvalue weighted by Gasteiger charge is 2.35. The van der Waals surface area contributed by atoms with Crippen LogP contribution in [-0.2, 0) is 9.53 Å². The first-order valence-corrected chi connectivity index (χ1v) is 9.76. The monoisotopic (exact) mass is 395 g/mol. The van der Waals surface area contributed by atoms with Crippen molar-refractivity contribution in [3.8, 4) is 11.1 Å². The summed E-state index contributed by atoms with van der Waals surface area (Å²) < 4.78 is 20.9. The highest BCUT2D eigenvalue weighted by molar-refractivity contribution is 6.00. The summed E-state index contributed by atoms with van der Waals surface area (Å²) in [6.07, 6.45) is 0.216. The van der Waals surface area contributed by atoms with Crippen LogP contribution < -0.4 is 0 Å². The Morgan fingerprint density at radius 2 is 1.86 bits per heavy atom. The van der Waals surface area contributed by atoms with E-state index in [-0.39, 0.29) is 18.5 Å². The number of aliphatic hydroxyl groups is 1. The standard InChI is InChI=1S/C24H26FNO3/c1-5-20(27)22(24(28)29-6-2)23-21(16-11-13-17(25)14-12-16)18-9-7-8-10-19(18)26(23)15(3)4/h5,7-15,20,22,27H,1,6H2,2-4H3/t20-,22+/m0/s1. The van der Waals surface area contributed by atoms with Gasteiger partial charge >= 0.3 is 5.97 Å². The summed E-state index contributed by atoms with van der Waals surface area (Å²) >= 11 is 0. The van der Waals surface area contributed by atoms with Crippen molar-refractivity contribution >= 4 is 16.9 Å². The van der Waals surface area contributed by atoms with Gasteiger partial charge in [-0.15, -0.1) is 6.58 Å². The van der Waals surface area contributed by atoms with Crippen LogP contribution >= 0.6 is 0 Å². The molecule has 2 aromatic carbocycles. The summed E-state index contributed by atoms with van der Waals surface area (Å²) in [4.78, 5) is 12.9. The Bertz CT molecular complexity index is 1020. The molecule has 5 heteroatoms. The summed E-state index contributed by atoms with van der Waals surface area (Å²) in [5.74, 6) is -1.81. The average Bonchev–Trinajstić information content (AvgIpc) is 3.03. The Morgan fingerprint density at radius 1 is 1.21 bits per heavy atom. The second-order valence-corrected chi connectivity index (χ2v) is 7.20. The van der Waals surface area contributed by atoms with Crippen LogP contribution in [0.1, 0.15) is 38.4 Å². The van der Waals surface area contributed by atoms with Crippen LogP contribution in [0.3, 0.4) is 0 Å². The Hall–Kier alpha value is -2.92. The SMILES string of the molecule is C=C[C@H](O)[C@@H](C(=O)OCC)c1c(-c2ccc(F)cc2)c2ccccc2n1C(C)C. The molecule has 0 amide bonds. The maximum absolute atomic E-state index is 13.6. The third kappa shape index (κ3) is 3.83. The van der Waals surface area contributed by atoms with E-state index in [4.69, 9.17) is 4.74 Å². The van der Waals surface area contributed by atoms with Gasteiger partial charge in [0.25, 0.3) is 0 Å². The van der Waals surface area contributed by atoms with Crippen LogP contribution in [0.25, 0.3) is 22.0 Å². The average molecular weight is 395 g/mol. The molecule has 1 aromatic heterocycles. The molecule has 1 heterocycles. The number of ether oxygens (including phenoxy) is 1. The fourth-order valence-electron chi connectivity index (χ4n) is 3.85. The van der Waals surface area contributed by atoms with Gasteiger partial charge in [-0.3, -0.25) is 4.79 Å². The summed E-state index contributed by atoms with van der Waals surface area (Å²) in [6.45, 7) is 9.65. The van der Waals surface area contributed by atoms with Crippen molar-refractivity contribution in [3.63, 3.8) is 0 Å². The Kier molecular flexibility index (Phi) is 6.18. The van der Waals surface area contributed by atoms with Crippen LogP contribution in [0.2, 0.25) is 0 Å². The molecule has 3 aromatic rings. The molecule has 0 aliphatic rings. The molecule has 4 nitrogen and oxygen atoms in total. The van der Waals surface area contributed by atoms with Crippen LogP contribution in [0, 0.1) is 5.82 Å². The molecule has 0 saturated heterocycles. The van der Waals surface area contributed by atoms with Gasteiger partial charge in [-0.05, 0) is 44.5 Å². The minimum absolute atomic E-state index is 0.0121. The number of aromatic nitrogens is 1. The first-order chi connectivity index (χ1) is 13.9. The Labute approximate surface area is 170 Å². The fourth-order valence-corrected chi connectivity index (χ4v) is 3.85. The molecule has 0 saturated carbocycles. The molecule has 3 rings (SSSR count). The van der Waals surface area contributed by atoms with E-state index >= 15 is 0 Å². The number of esters is 1. The summed E-state index contributed by atoms with van der Waals surface area (Å²) in [7, 11) is 0. The number of halogens is 1. The number of fused-ring (bicyclic) bond motifs is 1. The third-order valence-electron chi connectivity index (χ3n) is 5.02. The number of carbonyl (C=O) groups is 1. The predicted octanol–water partition coefficient (Wildman–Crippen LogP) is 5.22. The molecule has 152 valence electrons. The van der Waals surface area contributed by atoms with E-state index in [1.807, 2.05) is 42.7 Å². The van der Waals surface area contributed by atoms with Gasteiger partial charge in [0.1, 0.15) is 11.7 Å². The zero-order valence-corrected chi connectivity index (χ0v) is 16.9. The number of carbonyl (C=O) groups excluding carboxylic acids is 1. The number of hydrogen-bond acceptors (Lipinski definition) is 3. The van der Waals surface area contributed by atoms with Crippen molar-refractivity contribution in [2.75, 3.05) is 6.61 Å². The van der Waals surface area contributed by atoms with E-state index in [2.05, 4.69) is 6.58 Å². The van der Waals surface area contributed by atoms with Gasteiger partial charge in [0.05, 0.1) is 12.7 Å². The van der Waals surface area contributed by atoms with Gasteiger partial charge < -0.3 is 14.4 Å². The van der Waals surface area contributed by atoms with Crippen molar-refractivity contribution < 1.29 is 19.0 Å². The first kappa shape index (κ1) is 20.8. The van der Waals surface area contributed by atoms with E-state index in [1.165, 1.54) is 18.2 Å². The van der Waals surface area contributed by atoms with Crippen LogP contribution in [0.4, 0.5) is 4.39 Å². The van der Waals surface area contributed by atoms with Crippen molar-refractivity contribution in [2.45, 2.75) is 38.8 Å². The molecule has 0 spiro atoms. The summed E-state index contributed by atoms with van der Waals surface area (Å²) in [5.41, 5.74) is 3.12. The maximum atomic E-state index is 13.6. The molecule has 0 bridgehead atoms. The topological polar surface area (TPSA) is 51.5 Å². The lowest BCUT2D eigenvalue weighted by Gasteiger charge is -2.25. The maximum Gasteiger partial charge on any atom is 0.317 e. The van der Waals surface area contributed by atoms with Crippen molar-refractivity contribution in [2.24, 2.45) is 0 Å². The number of hydrogen-bond donors (Lipinski definition) is 1. The third-order valence-corrected chi connectivity index (χ3v) is 5.02. The zero-order valence-electron chi connectivity index (χ0n) is 16.9. The number of nitrogens with zero attached hydrogens (tertiary/aromatic N) is 1. The second kappa shape index (κ2) is 8.62. The lowest BCUT2D eigenvalue weighted by Crippen LogP contribution is -2.29. The molecule has 0 aliphatic heterocycles. The lowest BCUT2D eigenvalue weighted by atomic mass is 9.91. The Balaban J connectivity index is 2.43.